The van der Waals surface area contributed by atoms with Gasteiger partial charge in [0.2, 0.25) is 0 Å². The van der Waals surface area contributed by atoms with Gasteiger partial charge in [-0.1, -0.05) is 13.2 Å². The summed E-state index contributed by atoms with van der Waals surface area (Å²) in [6, 6.07) is 0. The Bertz CT molecular complexity index is 242. The predicted octanol–water partition coefficient (Wildman–Crippen LogP) is 0.807. The lowest BCUT2D eigenvalue weighted by Crippen LogP contribution is -2.06. The van der Waals surface area contributed by atoms with Gasteiger partial charge in [0.15, 0.2) is 0 Å². The maximum atomic E-state index is 10.3. The minimum Gasteiger partial charge on any atom is -0.460 e. The first kappa shape index (κ1) is 13.4. The second-order valence-electron chi connectivity index (χ2n) is 2.57. The highest BCUT2D eigenvalue weighted by atomic mass is 16.6. The lowest BCUT2D eigenvalue weighted by Gasteiger charge is -1.94. The highest BCUT2D eigenvalue weighted by Crippen LogP contribution is 2.08. The van der Waals surface area contributed by atoms with Crippen LogP contribution in [0.3, 0.4) is 0 Å². The molecule has 0 aliphatic carbocycles. The van der Waals surface area contributed by atoms with E-state index in [2.05, 4.69) is 22.6 Å². The summed E-state index contributed by atoms with van der Waals surface area (Å²) in [7, 11) is 0. The van der Waals surface area contributed by atoms with Crippen molar-refractivity contribution in [3.05, 3.63) is 25.5 Å². The Labute approximate surface area is 88.3 Å². The van der Waals surface area contributed by atoms with E-state index in [-0.39, 0.29) is 18.0 Å². The molecule has 1 heterocycles. The maximum Gasteiger partial charge on any atom is 0.330 e. The monoisotopic (exact) mass is 214 g/mol. The van der Waals surface area contributed by atoms with E-state index in [1.165, 1.54) is 6.92 Å². The quantitative estimate of drug-likeness (QED) is 0.300. The first-order chi connectivity index (χ1) is 7.10. The van der Waals surface area contributed by atoms with Crippen LogP contribution in [0.2, 0.25) is 0 Å². The van der Waals surface area contributed by atoms with Crippen molar-refractivity contribution >= 4 is 11.9 Å². The molecule has 0 amide bonds. The van der Waals surface area contributed by atoms with Gasteiger partial charge in [-0.3, -0.25) is 4.79 Å². The zero-order chi connectivity index (χ0) is 11.7. The van der Waals surface area contributed by atoms with E-state index >= 15 is 0 Å². The Morgan fingerprint density at radius 1 is 1.53 bits per heavy atom. The van der Waals surface area contributed by atoms with Crippen molar-refractivity contribution in [3.8, 4) is 0 Å². The summed E-state index contributed by atoms with van der Waals surface area (Å²) >= 11 is 0. The molecular formula is C10H14O5. The molecule has 1 aliphatic rings. The van der Waals surface area contributed by atoms with E-state index in [1.54, 1.807) is 0 Å². The Balaban J connectivity index is 0.000000288. The zero-order valence-corrected chi connectivity index (χ0v) is 8.60. The Morgan fingerprint density at radius 3 is 2.40 bits per heavy atom. The van der Waals surface area contributed by atoms with Crippen molar-refractivity contribution < 1.29 is 23.8 Å². The van der Waals surface area contributed by atoms with Crippen LogP contribution in [0.15, 0.2) is 25.5 Å². The van der Waals surface area contributed by atoms with Crippen LogP contribution in [0, 0.1) is 0 Å². The summed E-state index contributed by atoms with van der Waals surface area (Å²) in [6.45, 7) is 8.80. The van der Waals surface area contributed by atoms with E-state index in [9.17, 15) is 9.59 Å². The van der Waals surface area contributed by atoms with Gasteiger partial charge in [0, 0.05) is 13.0 Å². The molecule has 0 aromatic carbocycles. The van der Waals surface area contributed by atoms with E-state index < -0.39 is 0 Å². The van der Waals surface area contributed by atoms with Gasteiger partial charge in [-0.25, -0.2) is 4.79 Å². The third kappa shape index (κ3) is 10.3. The molecule has 0 spiro atoms. The fourth-order valence-corrected chi connectivity index (χ4v) is 0.516. The van der Waals surface area contributed by atoms with Gasteiger partial charge < -0.3 is 14.2 Å². The molecule has 0 aromatic rings. The number of carbonyl (C=O) groups is 2. The third-order valence-corrected chi connectivity index (χ3v) is 1.23. The number of carbonyl (C=O) groups excluding carboxylic acids is 2. The summed E-state index contributed by atoms with van der Waals surface area (Å²) in [5, 5.41) is 0. The fraction of sp³-hybridized carbons (Fsp3) is 0.400. The van der Waals surface area contributed by atoms with Crippen LogP contribution in [-0.4, -0.2) is 31.3 Å². The van der Waals surface area contributed by atoms with Crippen LogP contribution in [0.25, 0.3) is 0 Å². The van der Waals surface area contributed by atoms with E-state index in [1.807, 2.05) is 0 Å². The van der Waals surface area contributed by atoms with Gasteiger partial charge >= 0.3 is 11.9 Å². The first-order valence-electron chi connectivity index (χ1n) is 4.29. The highest BCUT2D eigenvalue weighted by Gasteiger charge is 2.23. The predicted molar refractivity (Wildman–Crippen MR) is 52.9 cm³/mol. The SMILES string of the molecule is C=CC(=O)OCC1CO1.C=COC(C)=O. The molecule has 0 bridgehead atoms. The van der Waals surface area contributed by atoms with Crippen molar-refractivity contribution in [1.29, 1.82) is 0 Å². The van der Waals surface area contributed by atoms with Crippen LogP contribution >= 0.6 is 0 Å². The fourth-order valence-electron chi connectivity index (χ4n) is 0.516. The molecule has 1 aliphatic heterocycles. The topological polar surface area (TPSA) is 65.1 Å². The van der Waals surface area contributed by atoms with Crippen molar-refractivity contribution in [2.24, 2.45) is 0 Å². The normalized spacial score (nSPS) is 16.5. The van der Waals surface area contributed by atoms with Gasteiger partial charge in [0.05, 0.1) is 12.9 Å². The second kappa shape index (κ2) is 7.75. The number of hydrogen-bond donors (Lipinski definition) is 0. The molecule has 1 unspecified atom stereocenters. The van der Waals surface area contributed by atoms with Crippen LogP contribution in [-0.2, 0) is 23.8 Å². The molecule has 0 radical (unpaired) electrons. The summed E-state index contributed by atoms with van der Waals surface area (Å²) in [5.74, 6) is -0.712. The molecule has 0 saturated carbocycles. The molecule has 15 heavy (non-hydrogen) atoms. The summed E-state index contributed by atoms with van der Waals surface area (Å²) in [6.07, 6.45) is 2.39. The Kier molecular flexibility index (Phi) is 6.92. The number of hydrogen-bond acceptors (Lipinski definition) is 5. The molecular weight excluding hydrogens is 200 g/mol. The van der Waals surface area contributed by atoms with Gasteiger partial charge in [-0.2, -0.15) is 0 Å². The number of epoxide rings is 1. The van der Waals surface area contributed by atoms with Crippen LogP contribution < -0.4 is 0 Å². The lowest BCUT2D eigenvalue weighted by atomic mass is 10.5. The second-order valence-corrected chi connectivity index (χ2v) is 2.57. The van der Waals surface area contributed by atoms with E-state index in [0.29, 0.717) is 13.2 Å². The van der Waals surface area contributed by atoms with Gasteiger partial charge in [-0.15, -0.1) is 0 Å². The smallest absolute Gasteiger partial charge is 0.330 e. The number of ether oxygens (including phenoxy) is 3. The zero-order valence-electron chi connectivity index (χ0n) is 8.60. The maximum absolute atomic E-state index is 10.3. The van der Waals surface area contributed by atoms with E-state index in [0.717, 1.165) is 12.3 Å². The molecule has 0 N–H and O–H groups in total. The van der Waals surface area contributed by atoms with Gasteiger partial charge in [-0.05, 0) is 0 Å². The lowest BCUT2D eigenvalue weighted by molar-refractivity contribution is -0.138. The van der Waals surface area contributed by atoms with Crippen LogP contribution in [0.5, 0.6) is 0 Å². The average Bonchev–Trinajstić information content (AvgIpc) is 2.98. The summed E-state index contributed by atoms with van der Waals surface area (Å²) in [5.41, 5.74) is 0. The van der Waals surface area contributed by atoms with Crippen molar-refractivity contribution in [2.45, 2.75) is 13.0 Å². The standard InChI is InChI=1S/C6H8O3.C4H6O2/c1-2-6(7)9-4-5-3-8-5;1-3-6-4(2)5/h2,5H,1,3-4H2;3H,1H2,2H3. The third-order valence-electron chi connectivity index (χ3n) is 1.23. The minimum atomic E-state index is -0.384. The Morgan fingerprint density at radius 2 is 2.13 bits per heavy atom. The molecule has 1 rings (SSSR count). The number of esters is 2. The molecule has 0 aromatic heterocycles. The molecule has 1 saturated heterocycles. The molecule has 5 nitrogen and oxygen atoms in total. The van der Waals surface area contributed by atoms with Crippen molar-refractivity contribution in [2.75, 3.05) is 13.2 Å². The highest BCUT2D eigenvalue weighted by molar-refractivity contribution is 5.81. The first-order valence-corrected chi connectivity index (χ1v) is 4.29. The van der Waals surface area contributed by atoms with Gasteiger partial charge in [0.1, 0.15) is 12.7 Å². The van der Waals surface area contributed by atoms with Crippen molar-refractivity contribution in [3.63, 3.8) is 0 Å². The molecule has 1 fully saturated rings. The molecule has 5 heteroatoms. The van der Waals surface area contributed by atoms with Gasteiger partial charge in [0.25, 0.3) is 0 Å². The Hall–Kier alpha value is -1.62. The summed E-state index contributed by atoms with van der Waals surface area (Å²) < 4.78 is 13.6. The number of rotatable bonds is 4. The summed E-state index contributed by atoms with van der Waals surface area (Å²) in [4.78, 5) is 20.1. The average molecular weight is 214 g/mol. The van der Waals surface area contributed by atoms with E-state index in [4.69, 9.17) is 4.74 Å². The largest absolute Gasteiger partial charge is 0.460 e. The van der Waals surface area contributed by atoms with Crippen LogP contribution in [0.4, 0.5) is 0 Å². The molecule has 84 valence electrons. The minimum absolute atomic E-state index is 0.147. The van der Waals surface area contributed by atoms with Crippen LogP contribution in [0.1, 0.15) is 6.92 Å². The molecule has 1 atom stereocenters. The van der Waals surface area contributed by atoms with Crippen molar-refractivity contribution in [1.82, 2.24) is 0 Å².